The van der Waals surface area contributed by atoms with Gasteiger partial charge in [0.05, 0.1) is 24.3 Å². The standard InChI is InChI=1S/C9H9BrO3/c1-12-7-3-6(5-11)9(13-2)8(10)4-7/h3-5H,1-2H3. The van der Waals surface area contributed by atoms with Crippen molar-refractivity contribution in [2.75, 3.05) is 14.2 Å². The molecule has 0 aliphatic carbocycles. The predicted octanol–water partition coefficient (Wildman–Crippen LogP) is 2.28. The summed E-state index contributed by atoms with van der Waals surface area (Å²) in [6.45, 7) is 0. The molecule has 13 heavy (non-hydrogen) atoms. The Morgan fingerprint density at radius 3 is 2.46 bits per heavy atom. The SMILES string of the molecule is COc1cc(Br)c(OC)c(C=O)c1. The molecule has 1 aromatic rings. The number of hydrogen-bond donors (Lipinski definition) is 0. The molecule has 4 heteroatoms. The van der Waals surface area contributed by atoms with Crippen LogP contribution in [0.5, 0.6) is 11.5 Å². The van der Waals surface area contributed by atoms with Gasteiger partial charge in [0.25, 0.3) is 0 Å². The largest absolute Gasteiger partial charge is 0.497 e. The van der Waals surface area contributed by atoms with Gasteiger partial charge >= 0.3 is 0 Å². The van der Waals surface area contributed by atoms with Gasteiger partial charge in [-0.15, -0.1) is 0 Å². The maximum Gasteiger partial charge on any atom is 0.153 e. The van der Waals surface area contributed by atoms with Crippen LogP contribution in [-0.2, 0) is 0 Å². The Kier molecular flexibility index (Phi) is 3.31. The van der Waals surface area contributed by atoms with E-state index in [1.54, 1.807) is 19.2 Å². The van der Waals surface area contributed by atoms with Crippen molar-refractivity contribution in [3.63, 3.8) is 0 Å². The van der Waals surface area contributed by atoms with Crippen molar-refractivity contribution in [1.29, 1.82) is 0 Å². The maximum absolute atomic E-state index is 10.7. The van der Waals surface area contributed by atoms with Crippen molar-refractivity contribution in [3.05, 3.63) is 22.2 Å². The molecule has 0 aliphatic heterocycles. The first-order valence-corrected chi connectivity index (χ1v) is 4.39. The van der Waals surface area contributed by atoms with Crippen LogP contribution in [0.2, 0.25) is 0 Å². The number of halogens is 1. The smallest absolute Gasteiger partial charge is 0.153 e. The topological polar surface area (TPSA) is 35.5 Å². The monoisotopic (exact) mass is 244 g/mol. The molecule has 0 N–H and O–H groups in total. The summed E-state index contributed by atoms with van der Waals surface area (Å²) in [4.78, 5) is 10.7. The third kappa shape index (κ3) is 2.01. The molecule has 0 radical (unpaired) electrons. The average Bonchev–Trinajstić information content (AvgIpc) is 2.16. The van der Waals surface area contributed by atoms with Crippen LogP contribution in [0.4, 0.5) is 0 Å². The molecular formula is C9H9BrO3. The van der Waals surface area contributed by atoms with Gasteiger partial charge in [-0.25, -0.2) is 0 Å². The van der Waals surface area contributed by atoms with Gasteiger partial charge in [-0.05, 0) is 28.1 Å². The van der Waals surface area contributed by atoms with Crippen molar-refractivity contribution in [1.82, 2.24) is 0 Å². The van der Waals surface area contributed by atoms with E-state index in [0.717, 1.165) is 6.29 Å². The van der Waals surface area contributed by atoms with E-state index in [1.165, 1.54) is 7.11 Å². The molecule has 0 spiro atoms. The van der Waals surface area contributed by atoms with Crippen LogP contribution in [0.25, 0.3) is 0 Å². The molecule has 3 nitrogen and oxygen atoms in total. The van der Waals surface area contributed by atoms with Crippen LogP contribution in [0.1, 0.15) is 10.4 Å². The minimum atomic E-state index is 0.466. The molecule has 0 fully saturated rings. The summed E-state index contributed by atoms with van der Waals surface area (Å²) in [5.74, 6) is 1.14. The molecule has 70 valence electrons. The lowest BCUT2D eigenvalue weighted by Crippen LogP contribution is -1.93. The Morgan fingerprint density at radius 1 is 1.31 bits per heavy atom. The molecule has 0 heterocycles. The minimum absolute atomic E-state index is 0.466. The van der Waals surface area contributed by atoms with Crippen molar-refractivity contribution in [2.24, 2.45) is 0 Å². The summed E-state index contributed by atoms with van der Waals surface area (Å²) in [6, 6.07) is 3.36. The number of carbonyl (C=O) groups excluding carboxylic acids is 1. The maximum atomic E-state index is 10.7. The second-order valence-corrected chi connectivity index (χ2v) is 3.20. The second-order valence-electron chi connectivity index (χ2n) is 2.35. The summed E-state index contributed by atoms with van der Waals surface area (Å²) in [5.41, 5.74) is 0.466. The third-order valence-corrected chi connectivity index (χ3v) is 2.20. The number of ether oxygens (including phenoxy) is 2. The fraction of sp³-hybridized carbons (Fsp3) is 0.222. The number of rotatable bonds is 3. The Labute approximate surface area is 84.8 Å². The highest BCUT2D eigenvalue weighted by atomic mass is 79.9. The highest BCUT2D eigenvalue weighted by Gasteiger charge is 2.08. The first-order valence-electron chi connectivity index (χ1n) is 3.59. The normalized spacial score (nSPS) is 9.46. The molecule has 0 aromatic heterocycles. The van der Waals surface area contributed by atoms with E-state index in [2.05, 4.69) is 15.9 Å². The van der Waals surface area contributed by atoms with Crippen LogP contribution in [-0.4, -0.2) is 20.5 Å². The van der Waals surface area contributed by atoms with E-state index in [-0.39, 0.29) is 0 Å². The molecule has 0 saturated heterocycles. The Hall–Kier alpha value is -1.03. The number of hydrogen-bond acceptors (Lipinski definition) is 3. The van der Waals surface area contributed by atoms with Crippen LogP contribution in [0, 0.1) is 0 Å². The van der Waals surface area contributed by atoms with E-state index >= 15 is 0 Å². The van der Waals surface area contributed by atoms with E-state index in [4.69, 9.17) is 9.47 Å². The number of methoxy groups -OCH3 is 2. The van der Waals surface area contributed by atoms with Crippen LogP contribution < -0.4 is 9.47 Å². The van der Waals surface area contributed by atoms with Gasteiger partial charge in [-0.2, -0.15) is 0 Å². The molecular weight excluding hydrogens is 236 g/mol. The third-order valence-electron chi connectivity index (χ3n) is 1.61. The Balaban J connectivity index is 3.28. The van der Waals surface area contributed by atoms with Gasteiger partial charge in [0.1, 0.15) is 11.5 Å². The van der Waals surface area contributed by atoms with Gasteiger partial charge in [0, 0.05) is 0 Å². The van der Waals surface area contributed by atoms with Gasteiger partial charge in [0.2, 0.25) is 0 Å². The molecule has 0 saturated carbocycles. The average molecular weight is 245 g/mol. The second kappa shape index (κ2) is 4.28. The predicted molar refractivity (Wildman–Crippen MR) is 52.6 cm³/mol. The summed E-state index contributed by atoms with van der Waals surface area (Å²) < 4.78 is 10.7. The highest BCUT2D eigenvalue weighted by molar-refractivity contribution is 9.10. The molecule has 1 aromatic carbocycles. The summed E-state index contributed by atoms with van der Waals surface area (Å²) in [7, 11) is 3.06. The van der Waals surface area contributed by atoms with E-state index in [0.29, 0.717) is 21.5 Å². The zero-order chi connectivity index (χ0) is 9.84. The summed E-state index contributed by atoms with van der Waals surface area (Å²) in [5, 5.41) is 0. The van der Waals surface area contributed by atoms with E-state index in [1.807, 2.05) is 0 Å². The van der Waals surface area contributed by atoms with Gasteiger partial charge in [-0.3, -0.25) is 4.79 Å². The zero-order valence-corrected chi connectivity index (χ0v) is 8.92. The molecule has 1 rings (SSSR count). The van der Waals surface area contributed by atoms with Crippen molar-refractivity contribution < 1.29 is 14.3 Å². The van der Waals surface area contributed by atoms with Crippen LogP contribution in [0.3, 0.4) is 0 Å². The fourth-order valence-electron chi connectivity index (χ4n) is 1.01. The Bertz CT molecular complexity index is 323. The first-order chi connectivity index (χ1) is 6.22. The molecule has 0 aliphatic rings. The van der Waals surface area contributed by atoms with Gasteiger partial charge < -0.3 is 9.47 Å². The molecule has 0 bridgehead atoms. The van der Waals surface area contributed by atoms with Gasteiger partial charge in [0.15, 0.2) is 6.29 Å². The van der Waals surface area contributed by atoms with E-state index in [9.17, 15) is 4.79 Å². The lowest BCUT2D eigenvalue weighted by Gasteiger charge is -2.08. The zero-order valence-electron chi connectivity index (χ0n) is 7.33. The number of carbonyl (C=O) groups is 1. The summed E-state index contributed by atoms with van der Waals surface area (Å²) in [6.07, 6.45) is 0.728. The lowest BCUT2D eigenvalue weighted by atomic mass is 10.2. The van der Waals surface area contributed by atoms with Crippen molar-refractivity contribution in [3.8, 4) is 11.5 Å². The molecule has 0 unspecified atom stereocenters. The Morgan fingerprint density at radius 2 is 2.00 bits per heavy atom. The number of benzene rings is 1. The van der Waals surface area contributed by atoms with E-state index < -0.39 is 0 Å². The van der Waals surface area contributed by atoms with Gasteiger partial charge in [-0.1, -0.05) is 0 Å². The van der Waals surface area contributed by atoms with Crippen molar-refractivity contribution in [2.45, 2.75) is 0 Å². The lowest BCUT2D eigenvalue weighted by molar-refractivity contribution is 0.112. The fourth-order valence-corrected chi connectivity index (χ4v) is 1.63. The quantitative estimate of drug-likeness (QED) is 0.766. The van der Waals surface area contributed by atoms with Crippen LogP contribution >= 0.6 is 15.9 Å². The summed E-state index contributed by atoms with van der Waals surface area (Å²) >= 11 is 3.28. The molecule has 0 amide bonds. The number of aldehydes is 1. The highest BCUT2D eigenvalue weighted by Crippen LogP contribution is 2.32. The minimum Gasteiger partial charge on any atom is -0.497 e. The first kappa shape index (κ1) is 10.1. The van der Waals surface area contributed by atoms with Crippen LogP contribution in [0.15, 0.2) is 16.6 Å². The molecule has 0 atom stereocenters. The van der Waals surface area contributed by atoms with Crippen molar-refractivity contribution >= 4 is 22.2 Å².